The van der Waals surface area contributed by atoms with Crippen LogP contribution in [-0.4, -0.2) is 58.1 Å². The quantitative estimate of drug-likeness (QED) is 0.558. The number of nitrogens with zero attached hydrogens (tertiary/aromatic N) is 1. The number of carboxylic acid groups (broad SMARTS) is 1. The Morgan fingerprint density at radius 2 is 1.95 bits per heavy atom. The van der Waals surface area contributed by atoms with Crippen LogP contribution < -0.4 is 5.32 Å². The lowest BCUT2D eigenvalue weighted by Crippen LogP contribution is -2.40. The molecule has 0 saturated carbocycles. The number of aliphatic carboxylic acids is 1. The van der Waals surface area contributed by atoms with Gasteiger partial charge in [-0.15, -0.1) is 0 Å². The summed E-state index contributed by atoms with van der Waals surface area (Å²) in [6.45, 7) is 2.14. The van der Waals surface area contributed by atoms with E-state index in [9.17, 15) is 19.5 Å². The van der Waals surface area contributed by atoms with Gasteiger partial charge in [0.1, 0.15) is 6.04 Å². The van der Waals surface area contributed by atoms with E-state index in [4.69, 9.17) is 5.11 Å². The van der Waals surface area contributed by atoms with Gasteiger partial charge in [0, 0.05) is 32.9 Å². The molecule has 0 bridgehead atoms. The largest absolute Gasteiger partial charge is 0.480 e. The van der Waals surface area contributed by atoms with Crippen LogP contribution in [0, 0.1) is 0 Å². The molecule has 0 aromatic rings. The predicted molar refractivity (Wildman–Crippen MR) is 70.9 cm³/mol. The van der Waals surface area contributed by atoms with E-state index in [1.54, 1.807) is 0 Å². The van der Waals surface area contributed by atoms with Crippen molar-refractivity contribution in [2.24, 2.45) is 0 Å². The Labute approximate surface area is 117 Å². The fraction of sp³-hybridized carbons (Fsp3) is 0.769. The zero-order chi connectivity index (χ0) is 15.1. The van der Waals surface area contributed by atoms with Crippen LogP contribution in [0.15, 0.2) is 0 Å². The summed E-state index contributed by atoms with van der Waals surface area (Å²) in [5.41, 5.74) is 0. The van der Waals surface area contributed by atoms with E-state index in [2.05, 4.69) is 5.32 Å². The van der Waals surface area contributed by atoms with Gasteiger partial charge in [0.2, 0.25) is 11.8 Å². The molecule has 0 aromatic carbocycles. The SMILES string of the molecule is CC(=O)NCCCCCC(=O)N1CC(O)C[C@H]1C(=O)O. The smallest absolute Gasteiger partial charge is 0.326 e. The van der Waals surface area contributed by atoms with Gasteiger partial charge < -0.3 is 20.4 Å². The third-order valence-corrected chi connectivity index (χ3v) is 3.33. The predicted octanol–water partition coefficient (Wildman–Crippen LogP) is -0.271. The van der Waals surface area contributed by atoms with Crippen molar-refractivity contribution in [3.05, 3.63) is 0 Å². The highest BCUT2D eigenvalue weighted by atomic mass is 16.4. The number of carboxylic acids is 1. The van der Waals surface area contributed by atoms with Crippen LogP contribution in [-0.2, 0) is 14.4 Å². The molecule has 7 nitrogen and oxygen atoms in total. The van der Waals surface area contributed by atoms with Gasteiger partial charge >= 0.3 is 5.97 Å². The normalized spacial score (nSPS) is 21.8. The second-order valence-electron chi connectivity index (χ2n) is 5.08. The van der Waals surface area contributed by atoms with Crippen molar-refractivity contribution in [2.45, 2.75) is 51.2 Å². The van der Waals surface area contributed by atoms with Crippen molar-refractivity contribution in [3.63, 3.8) is 0 Å². The molecular formula is C13H22N2O5. The van der Waals surface area contributed by atoms with E-state index >= 15 is 0 Å². The molecule has 0 aliphatic carbocycles. The number of aliphatic hydroxyl groups excluding tert-OH is 1. The summed E-state index contributed by atoms with van der Waals surface area (Å²) < 4.78 is 0. The molecule has 2 amide bonds. The van der Waals surface area contributed by atoms with Crippen molar-refractivity contribution >= 4 is 17.8 Å². The van der Waals surface area contributed by atoms with Gasteiger partial charge in [-0.05, 0) is 12.8 Å². The number of carbonyl (C=O) groups excluding carboxylic acids is 2. The zero-order valence-corrected chi connectivity index (χ0v) is 11.7. The molecule has 1 saturated heterocycles. The number of amides is 2. The molecule has 1 fully saturated rings. The summed E-state index contributed by atoms with van der Waals surface area (Å²) in [4.78, 5) is 34.8. The van der Waals surface area contributed by atoms with E-state index in [1.807, 2.05) is 0 Å². The van der Waals surface area contributed by atoms with Gasteiger partial charge in [-0.25, -0.2) is 4.79 Å². The number of β-amino-alcohol motifs (C(OH)–C–C–N with tert-alkyl or cyclic N) is 1. The second kappa shape index (κ2) is 7.84. The molecule has 0 aromatic heterocycles. The average Bonchev–Trinajstić information content (AvgIpc) is 2.75. The Morgan fingerprint density at radius 3 is 2.55 bits per heavy atom. The molecule has 1 heterocycles. The van der Waals surface area contributed by atoms with Gasteiger partial charge in [0.05, 0.1) is 6.10 Å². The van der Waals surface area contributed by atoms with Crippen LogP contribution in [0.5, 0.6) is 0 Å². The molecule has 1 rings (SSSR count). The second-order valence-corrected chi connectivity index (χ2v) is 5.08. The Balaban J connectivity index is 2.25. The number of likely N-dealkylation sites (tertiary alicyclic amines) is 1. The van der Waals surface area contributed by atoms with Gasteiger partial charge in [0.25, 0.3) is 0 Å². The van der Waals surface area contributed by atoms with Crippen molar-refractivity contribution in [1.82, 2.24) is 10.2 Å². The van der Waals surface area contributed by atoms with Crippen molar-refractivity contribution in [2.75, 3.05) is 13.1 Å². The highest BCUT2D eigenvalue weighted by Gasteiger charge is 2.38. The van der Waals surface area contributed by atoms with Crippen LogP contribution >= 0.6 is 0 Å². The highest BCUT2D eigenvalue weighted by Crippen LogP contribution is 2.19. The number of carbonyl (C=O) groups is 3. The average molecular weight is 286 g/mol. The van der Waals surface area contributed by atoms with Gasteiger partial charge in [-0.1, -0.05) is 6.42 Å². The minimum Gasteiger partial charge on any atom is -0.480 e. The molecule has 1 aliphatic rings. The maximum absolute atomic E-state index is 11.9. The lowest BCUT2D eigenvalue weighted by atomic mass is 10.1. The molecule has 1 unspecified atom stereocenters. The number of hydrogen-bond donors (Lipinski definition) is 3. The first-order chi connectivity index (χ1) is 9.41. The minimum absolute atomic E-state index is 0.0727. The first-order valence-electron chi connectivity index (χ1n) is 6.86. The van der Waals surface area contributed by atoms with Gasteiger partial charge in [0.15, 0.2) is 0 Å². The number of hydrogen-bond acceptors (Lipinski definition) is 4. The zero-order valence-electron chi connectivity index (χ0n) is 11.7. The third-order valence-electron chi connectivity index (χ3n) is 3.33. The van der Waals surface area contributed by atoms with Crippen LogP contribution in [0.1, 0.15) is 39.0 Å². The summed E-state index contributed by atoms with van der Waals surface area (Å²) >= 11 is 0. The molecule has 0 spiro atoms. The number of rotatable bonds is 7. The van der Waals surface area contributed by atoms with Gasteiger partial charge in [-0.3, -0.25) is 9.59 Å². The van der Waals surface area contributed by atoms with E-state index in [-0.39, 0.29) is 31.2 Å². The maximum Gasteiger partial charge on any atom is 0.326 e. The molecule has 3 N–H and O–H groups in total. The third kappa shape index (κ3) is 5.16. The van der Waals surface area contributed by atoms with Crippen LogP contribution in [0.3, 0.4) is 0 Å². The Morgan fingerprint density at radius 1 is 1.25 bits per heavy atom. The van der Waals surface area contributed by atoms with Crippen LogP contribution in [0.4, 0.5) is 0 Å². The first-order valence-corrected chi connectivity index (χ1v) is 6.86. The summed E-state index contributed by atoms with van der Waals surface area (Å²) in [5.74, 6) is -1.37. The fourth-order valence-electron chi connectivity index (χ4n) is 2.31. The molecule has 1 aliphatic heterocycles. The van der Waals surface area contributed by atoms with Crippen LogP contribution in [0.2, 0.25) is 0 Å². The standard InChI is InChI=1S/C13H22N2O5/c1-9(16)14-6-4-2-3-5-12(18)15-8-10(17)7-11(15)13(19)20/h10-11,17H,2-8H2,1H3,(H,14,16)(H,19,20)/t10?,11-/m0/s1. The monoisotopic (exact) mass is 286 g/mol. The summed E-state index contributed by atoms with van der Waals surface area (Å²) in [7, 11) is 0. The fourth-order valence-corrected chi connectivity index (χ4v) is 2.31. The summed E-state index contributed by atoms with van der Waals surface area (Å²) in [6, 6.07) is -0.906. The van der Waals surface area contributed by atoms with E-state index in [1.165, 1.54) is 11.8 Å². The van der Waals surface area contributed by atoms with Crippen molar-refractivity contribution in [1.29, 1.82) is 0 Å². The lowest BCUT2D eigenvalue weighted by Gasteiger charge is -2.21. The molecule has 20 heavy (non-hydrogen) atoms. The number of unbranched alkanes of at least 4 members (excludes halogenated alkanes) is 2. The summed E-state index contributed by atoms with van der Waals surface area (Å²) in [5, 5.41) is 21.1. The Kier molecular flexibility index (Phi) is 6.44. The van der Waals surface area contributed by atoms with Crippen molar-refractivity contribution < 1.29 is 24.6 Å². The topological polar surface area (TPSA) is 107 Å². The van der Waals surface area contributed by atoms with Gasteiger partial charge in [-0.2, -0.15) is 0 Å². The Bertz CT molecular complexity index is 372. The molecule has 2 atom stereocenters. The first kappa shape index (κ1) is 16.4. The number of nitrogens with one attached hydrogen (secondary N) is 1. The van der Waals surface area contributed by atoms with E-state index < -0.39 is 18.1 Å². The van der Waals surface area contributed by atoms with Crippen molar-refractivity contribution in [3.8, 4) is 0 Å². The van der Waals surface area contributed by atoms with E-state index in [0.29, 0.717) is 13.0 Å². The Hall–Kier alpha value is -1.63. The molecular weight excluding hydrogens is 264 g/mol. The lowest BCUT2D eigenvalue weighted by molar-refractivity contribution is -0.148. The summed E-state index contributed by atoms with van der Waals surface area (Å²) in [6.07, 6.45) is 1.86. The number of aliphatic hydroxyl groups is 1. The van der Waals surface area contributed by atoms with E-state index in [0.717, 1.165) is 12.8 Å². The highest BCUT2D eigenvalue weighted by molar-refractivity contribution is 5.84. The molecule has 0 radical (unpaired) electrons. The van der Waals surface area contributed by atoms with Crippen LogP contribution in [0.25, 0.3) is 0 Å². The maximum atomic E-state index is 11.9. The minimum atomic E-state index is -1.07. The molecule has 7 heteroatoms. The molecule has 114 valence electrons.